The van der Waals surface area contributed by atoms with Gasteiger partial charge in [0.25, 0.3) is 5.91 Å². The monoisotopic (exact) mass is 540 g/mol. The lowest BCUT2D eigenvalue weighted by Gasteiger charge is -2.48. The maximum Gasteiger partial charge on any atom is 0.258 e. The van der Waals surface area contributed by atoms with E-state index < -0.39 is 29.7 Å². The minimum atomic E-state index is -0.904. The van der Waals surface area contributed by atoms with Crippen molar-refractivity contribution in [2.75, 3.05) is 31.8 Å². The quantitative estimate of drug-likeness (QED) is 0.237. The minimum absolute atomic E-state index is 0.138. The first-order valence-corrected chi connectivity index (χ1v) is 12.5. The summed E-state index contributed by atoms with van der Waals surface area (Å²) in [5.74, 6) is -1.88. The van der Waals surface area contributed by atoms with Crippen molar-refractivity contribution in [3.8, 4) is 11.5 Å². The van der Waals surface area contributed by atoms with E-state index in [2.05, 4.69) is 5.32 Å². The molecule has 3 atom stereocenters. The molecule has 3 aromatic carbocycles. The van der Waals surface area contributed by atoms with Gasteiger partial charge in [0.2, 0.25) is 5.91 Å². The van der Waals surface area contributed by atoms with E-state index in [4.69, 9.17) is 9.47 Å². The predicted octanol–water partition coefficient (Wildman–Crippen LogP) is 4.03. The number of carbonyl (C=O) groups is 2. The van der Waals surface area contributed by atoms with Gasteiger partial charge in [-0.25, -0.2) is 8.78 Å². The number of anilines is 1. The molecule has 0 radical (unpaired) electrons. The zero-order chi connectivity index (χ0) is 27.9. The van der Waals surface area contributed by atoms with Gasteiger partial charge in [0.05, 0.1) is 24.7 Å². The number of hydrogen-bond donors (Lipinski definition) is 3. The first kappa shape index (κ1) is 28.0. The number of benzene rings is 3. The van der Waals surface area contributed by atoms with Crippen molar-refractivity contribution in [1.29, 1.82) is 0 Å². The highest BCUT2D eigenvalue weighted by atomic mass is 19.1. The number of hydrogen-bond acceptors (Lipinski definition) is 6. The lowest BCUT2D eigenvalue weighted by molar-refractivity contribution is -0.131. The minimum Gasteiger partial charge on any atom is -0.507 e. The molecule has 1 aliphatic rings. The topological polar surface area (TPSA) is 108 Å². The first-order valence-electron chi connectivity index (χ1n) is 12.5. The third-order valence-electron chi connectivity index (χ3n) is 6.64. The Bertz CT molecular complexity index is 1290. The third kappa shape index (κ3) is 6.71. The lowest BCUT2D eigenvalue weighted by Crippen LogP contribution is -2.55. The number of ether oxygens (including phenoxy) is 2. The van der Waals surface area contributed by atoms with E-state index in [-0.39, 0.29) is 36.3 Å². The Morgan fingerprint density at radius 3 is 2.36 bits per heavy atom. The van der Waals surface area contributed by atoms with Crippen LogP contribution in [0.25, 0.3) is 0 Å². The van der Waals surface area contributed by atoms with Crippen molar-refractivity contribution in [3.05, 3.63) is 89.5 Å². The molecule has 1 saturated heterocycles. The van der Waals surface area contributed by atoms with E-state index in [1.165, 1.54) is 66.6 Å². The Labute approximate surface area is 224 Å². The van der Waals surface area contributed by atoms with Crippen molar-refractivity contribution in [2.45, 2.75) is 25.0 Å². The van der Waals surface area contributed by atoms with Crippen molar-refractivity contribution >= 4 is 17.5 Å². The molecule has 0 unspecified atom stereocenters. The number of carbonyl (C=O) groups excluding carboxylic acids is 2. The van der Waals surface area contributed by atoms with Crippen LogP contribution >= 0.6 is 0 Å². The van der Waals surface area contributed by atoms with E-state index in [1.54, 1.807) is 12.1 Å². The summed E-state index contributed by atoms with van der Waals surface area (Å²) >= 11 is 0. The Morgan fingerprint density at radius 2 is 1.72 bits per heavy atom. The maximum absolute atomic E-state index is 13.5. The molecule has 3 aromatic rings. The Balaban J connectivity index is 1.50. The van der Waals surface area contributed by atoms with Crippen molar-refractivity contribution in [1.82, 2.24) is 5.32 Å². The zero-order valence-electron chi connectivity index (χ0n) is 21.3. The molecule has 0 aromatic heterocycles. The number of amides is 2. The van der Waals surface area contributed by atoms with Gasteiger partial charge < -0.3 is 29.9 Å². The van der Waals surface area contributed by atoms with Gasteiger partial charge in [0.15, 0.2) is 6.61 Å². The van der Waals surface area contributed by atoms with Crippen LogP contribution in [0, 0.1) is 17.6 Å². The second-order valence-electron chi connectivity index (χ2n) is 9.23. The molecule has 206 valence electrons. The van der Waals surface area contributed by atoms with Crippen molar-refractivity contribution in [2.24, 2.45) is 5.92 Å². The number of aromatic hydroxyl groups is 1. The molecule has 3 N–H and O–H groups in total. The van der Waals surface area contributed by atoms with E-state index >= 15 is 0 Å². The molecule has 1 fully saturated rings. The predicted molar refractivity (Wildman–Crippen MR) is 139 cm³/mol. The Kier molecular flexibility index (Phi) is 9.11. The largest absolute Gasteiger partial charge is 0.507 e. The highest BCUT2D eigenvalue weighted by Crippen LogP contribution is 2.49. The summed E-state index contributed by atoms with van der Waals surface area (Å²) in [6.45, 7) is 0.457. The van der Waals surface area contributed by atoms with Crippen LogP contribution < -0.4 is 15.0 Å². The molecule has 1 aliphatic heterocycles. The number of phenols is 1. The van der Waals surface area contributed by atoms with Gasteiger partial charge in [0, 0.05) is 31.0 Å². The summed E-state index contributed by atoms with van der Waals surface area (Å²) in [6, 6.07) is 15.0. The average Bonchev–Trinajstić information content (AvgIpc) is 2.92. The number of nitrogens with one attached hydrogen (secondary N) is 1. The normalized spacial score (nSPS) is 17.4. The summed E-state index contributed by atoms with van der Waals surface area (Å²) in [5, 5.41) is 24.1. The molecule has 0 spiro atoms. The van der Waals surface area contributed by atoms with Gasteiger partial charge in [0.1, 0.15) is 23.1 Å². The fourth-order valence-electron chi connectivity index (χ4n) is 4.62. The number of aliphatic hydroxyl groups excluding tert-OH is 1. The fraction of sp³-hybridized carbons (Fsp3) is 0.310. The van der Waals surface area contributed by atoms with E-state index in [1.807, 2.05) is 0 Å². The SMILES string of the molecule is COCCNC(=O)COc1ccc([C@@H]2[C@@H](CC[C@H](O)c3ccc(F)cc3)C(=O)N2c2ccc(F)cc2)c(O)c1. The molecular weight excluding hydrogens is 510 g/mol. The standard InChI is InChI=1S/C29H30F2N2O6/c1-38-15-14-32-27(36)17-39-22-10-11-23(26(35)16-22)28-24(12-13-25(34)18-2-4-19(30)5-3-18)29(37)33(28)21-8-6-20(31)7-9-21/h2-11,16,24-25,28,34-35H,12-15,17H2,1H3,(H,32,36)/t24-,25+,28-/m1/s1. The lowest BCUT2D eigenvalue weighted by atomic mass is 9.78. The van der Waals surface area contributed by atoms with Crippen LogP contribution in [0.4, 0.5) is 14.5 Å². The van der Waals surface area contributed by atoms with Gasteiger partial charge in [-0.3, -0.25) is 9.59 Å². The summed E-state index contributed by atoms with van der Waals surface area (Å²) in [7, 11) is 1.53. The molecule has 1 heterocycles. The van der Waals surface area contributed by atoms with Crippen molar-refractivity contribution in [3.63, 3.8) is 0 Å². The van der Waals surface area contributed by atoms with Crippen LogP contribution in [0.15, 0.2) is 66.7 Å². The van der Waals surface area contributed by atoms with Crippen LogP contribution in [0.5, 0.6) is 11.5 Å². The molecule has 0 bridgehead atoms. The number of rotatable bonds is 12. The summed E-state index contributed by atoms with van der Waals surface area (Å²) in [6.07, 6.45) is -0.381. The average molecular weight is 541 g/mol. The van der Waals surface area contributed by atoms with Gasteiger partial charge in [-0.15, -0.1) is 0 Å². The van der Waals surface area contributed by atoms with Gasteiger partial charge in [-0.1, -0.05) is 12.1 Å². The van der Waals surface area contributed by atoms with Crippen LogP contribution in [-0.2, 0) is 14.3 Å². The van der Waals surface area contributed by atoms with Crippen LogP contribution in [-0.4, -0.2) is 48.9 Å². The number of nitrogens with zero attached hydrogens (tertiary/aromatic N) is 1. The smallest absolute Gasteiger partial charge is 0.258 e. The molecule has 0 saturated carbocycles. The van der Waals surface area contributed by atoms with Gasteiger partial charge >= 0.3 is 0 Å². The van der Waals surface area contributed by atoms with E-state index in [0.717, 1.165) is 0 Å². The van der Waals surface area contributed by atoms with Gasteiger partial charge in [-0.2, -0.15) is 0 Å². The van der Waals surface area contributed by atoms with Crippen molar-refractivity contribution < 1.29 is 38.1 Å². The molecule has 8 nitrogen and oxygen atoms in total. The summed E-state index contributed by atoms with van der Waals surface area (Å²) in [4.78, 5) is 26.6. The number of phenolic OH excluding ortho intramolecular Hbond substituents is 1. The van der Waals surface area contributed by atoms with Crippen LogP contribution in [0.2, 0.25) is 0 Å². The zero-order valence-corrected chi connectivity index (χ0v) is 21.3. The molecule has 4 rings (SSSR count). The summed E-state index contributed by atoms with van der Waals surface area (Å²) < 4.78 is 37.2. The number of β-lactam (4-membered cyclic amide) rings is 1. The molecule has 10 heteroatoms. The molecule has 2 amide bonds. The van der Waals surface area contributed by atoms with Gasteiger partial charge in [-0.05, 0) is 66.9 Å². The first-order chi connectivity index (χ1) is 18.8. The molecule has 39 heavy (non-hydrogen) atoms. The summed E-state index contributed by atoms with van der Waals surface area (Å²) in [5.41, 5.74) is 1.44. The Morgan fingerprint density at radius 1 is 1.05 bits per heavy atom. The second kappa shape index (κ2) is 12.7. The highest BCUT2D eigenvalue weighted by molar-refractivity contribution is 6.03. The van der Waals surface area contributed by atoms with E-state index in [9.17, 15) is 28.6 Å². The second-order valence-corrected chi connectivity index (χ2v) is 9.23. The molecule has 0 aliphatic carbocycles. The number of aliphatic hydroxyl groups is 1. The number of halogens is 2. The fourth-order valence-corrected chi connectivity index (χ4v) is 4.62. The Hall–Kier alpha value is -4.02. The molecular formula is C29H30F2N2O6. The highest BCUT2D eigenvalue weighted by Gasteiger charge is 2.49. The van der Waals surface area contributed by atoms with Crippen LogP contribution in [0.3, 0.4) is 0 Å². The van der Waals surface area contributed by atoms with Crippen LogP contribution in [0.1, 0.15) is 36.1 Å². The third-order valence-corrected chi connectivity index (χ3v) is 6.64. The van der Waals surface area contributed by atoms with E-state index in [0.29, 0.717) is 36.4 Å². The number of methoxy groups -OCH3 is 1. The maximum atomic E-state index is 13.5.